The number of nitrogen functional groups attached to an aromatic ring is 1. The topological polar surface area (TPSA) is 63.8 Å². The summed E-state index contributed by atoms with van der Waals surface area (Å²) >= 11 is 9.53. The van der Waals surface area contributed by atoms with Gasteiger partial charge >= 0.3 is 0 Å². The molecule has 0 amide bonds. The van der Waals surface area contributed by atoms with Crippen molar-refractivity contribution in [3.05, 3.63) is 39.5 Å². The molecule has 4 nitrogen and oxygen atoms in total. The van der Waals surface area contributed by atoms with Gasteiger partial charge in [0.05, 0.1) is 5.69 Å². The molecule has 0 saturated carbocycles. The molecule has 18 heavy (non-hydrogen) atoms. The quantitative estimate of drug-likeness (QED) is 0.842. The van der Waals surface area contributed by atoms with E-state index in [-0.39, 0.29) is 5.95 Å². The minimum atomic E-state index is 0.159. The Kier molecular flexibility index (Phi) is 4.04. The second kappa shape index (κ2) is 5.54. The van der Waals surface area contributed by atoms with Gasteiger partial charge in [0.25, 0.3) is 0 Å². The Morgan fingerprint density at radius 3 is 2.72 bits per heavy atom. The van der Waals surface area contributed by atoms with Crippen LogP contribution in [0.25, 0.3) is 0 Å². The van der Waals surface area contributed by atoms with Crippen LogP contribution in [0, 0.1) is 0 Å². The minimum Gasteiger partial charge on any atom is -0.368 e. The summed E-state index contributed by atoms with van der Waals surface area (Å²) in [5.74, 6) is 0.800. The summed E-state index contributed by atoms with van der Waals surface area (Å²) in [6.45, 7) is 1.99. The molecule has 0 aliphatic rings. The molecule has 0 radical (unpaired) electrons. The number of hydrogen-bond donors (Lipinski definition) is 2. The predicted octanol–water partition coefficient (Wildman–Crippen LogP) is 3.78. The lowest BCUT2D eigenvalue weighted by Gasteiger charge is -2.12. The molecule has 0 atom stereocenters. The number of hydrogen-bond acceptors (Lipinski definition) is 4. The monoisotopic (exact) mass is 326 g/mol. The van der Waals surface area contributed by atoms with Crippen LogP contribution in [0.2, 0.25) is 5.15 Å². The highest BCUT2D eigenvalue weighted by atomic mass is 79.9. The molecule has 0 bridgehead atoms. The van der Waals surface area contributed by atoms with Crippen LogP contribution in [0.5, 0.6) is 0 Å². The average Bonchev–Trinajstić information content (AvgIpc) is 2.31. The molecular formula is C12H12BrClN4. The number of aromatic nitrogens is 2. The fourth-order valence-corrected chi connectivity index (χ4v) is 2.27. The highest BCUT2D eigenvalue weighted by Gasteiger charge is 2.11. The first-order valence-electron chi connectivity index (χ1n) is 5.45. The van der Waals surface area contributed by atoms with Crippen molar-refractivity contribution in [2.24, 2.45) is 0 Å². The Hall–Kier alpha value is -1.33. The fourth-order valence-electron chi connectivity index (χ4n) is 1.58. The van der Waals surface area contributed by atoms with Crippen LogP contribution in [-0.2, 0) is 6.42 Å². The van der Waals surface area contributed by atoms with Gasteiger partial charge in [0.15, 0.2) is 0 Å². The van der Waals surface area contributed by atoms with Crippen LogP contribution in [0.1, 0.15) is 12.5 Å². The first-order valence-corrected chi connectivity index (χ1v) is 6.62. The molecular weight excluding hydrogens is 316 g/mol. The van der Waals surface area contributed by atoms with Gasteiger partial charge in [0.2, 0.25) is 5.95 Å². The van der Waals surface area contributed by atoms with Crippen LogP contribution in [-0.4, -0.2) is 9.97 Å². The molecule has 1 aromatic carbocycles. The third kappa shape index (κ3) is 2.73. The second-order valence-electron chi connectivity index (χ2n) is 3.66. The van der Waals surface area contributed by atoms with Gasteiger partial charge in [0.1, 0.15) is 11.0 Å². The number of nitrogens with two attached hydrogens (primary N) is 1. The number of para-hydroxylation sites is 1. The van der Waals surface area contributed by atoms with Gasteiger partial charge in [-0.25, -0.2) is 4.98 Å². The number of benzene rings is 1. The summed E-state index contributed by atoms with van der Waals surface area (Å²) in [5.41, 5.74) is 7.37. The van der Waals surface area contributed by atoms with E-state index in [1.807, 2.05) is 31.2 Å². The number of halogens is 2. The zero-order chi connectivity index (χ0) is 13.1. The molecule has 0 aliphatic carbocycles. The number of rotatable bonds is 3. The molecule has 94 valence electrons. The molecule has 0 aliphatic heterocycles. The third-order valence-electron chi connectivity index (χ3n) is 2.45. The van der Waals surface area contributed by atoms with E-state index in [2.05, 4.69) is 31.2 Å². The minimum absolute atomic E-state index is 0.159. The van der Waals surface area contributed by atoms with Gasteiger partial charge in [-0.1, -0.05) is 30.7 Å². The van der Waals surface area contributed by atoms with Crippen molar-refractivity contribution in [3.63, 3.8) is 0 Å². The second-order valence-corrected chi connectivity index (χ2v) is 4.87. The zero-order valence-corrected chi connectivity index (χ0v) is 12.1. The normalized spacial score (nSPS) is 10.4. The lowest BCUT2D eigenvalue weighted by Crippen LogP contribution is -2.05. The molecule has 0 spiro atoms. The van der Waals surface area contributed by atoms with Gasteiger partial charge in [-0.05, 0) is 34.5 Å². The van der Waals surface area contributed by atoms with Crippen molar-refractivity contribution in [2.45, 2.75) is 13.3 Å². The average molecular weight is 328 g/mol. The summed E-state index contributed by atoms with van der Waals surface area (Å²) in [4.78, 5) is 8.14. The van der Waals surface area contributed by atoms with Crippen molar-refractivity contribution in [1.82, 2.24) is 9.97 Å². The van der Waals surface area contributed by atoms with E-state index in [1.54, 1.807) is 0 Å². The van der Waals surface area contributed by atoms with E-state index in [9.17, 15) is 0 Å². The zero-order valence-electron chi connectivity index (χ0n) is 9.74. The molecule has 6 heteroatoms. The Morgan fingerprint density at radius 2 is 2.06 bits per heavy atom. The van der Waals surface area contributed by atoms with E-state index < -0.39 is 0 Å². The van der Waals surface area contributed by atoms with Gasteiger partial charge in [0, 0.05) is 10.0 Å². The Balaban J connectivity index is 2.43. The van der Waals surface area contributed by atoms with E-state index in [0.29, 0.717) is 11.0 Å². The highest BCUT2D eigenvalue weighted by molar-refractivity contribution is 9.10. The van der Waals surface area contributed by atoms with Crippen molar-refractivity contribution in [3.8, 4) is 0 Å². The van der Waals surface area contributed by atoms with Crippen LogP contribution >= 0.6 is 27.5 Å². The largest absolute Gasteiger partial charge is 0.368 e. The van der Waals surface area contributed by atoms with Crippen LogP contribution in [0.15, 0.2) is 28.7 Å². The summed E-state index contributed by atoms with van der Waals surface area (Å²) in [6, 6.07) is 7.76. The van der Waals surface area contributed by atoms with Crippen molar-refractivity contribution in [1.29, 1.82) is 0 Å². The van der Waals surface area contributed by atoms with E-state index in [1.165, 1.54) is 0 Å². The smallest absolute Gasteiger partial charge is 0.223 e. The molecule has 1 heterocycles. The third-order valence-corrected chi connectivity index (χ3v) is 3.46. The first-order chi connectivity index (χ1) is 8.61. The van der Waals surface area contributed by atoms with Gasteiger partial charge in [-0.15, -0.1) is 0 Å². The van der Waals surface area contributed by atoms with Gasteiger partial charge in [-0.3, -0.25) is 0 Å². The summed E-state index contributed by atoms with van der Waals surface area (Å²) < 4.78 is 0.945. The van der Waals surface area contributed by atoms with Crippen LogP contribution in [0.3, 0.4) is 0 Å². The molecule has 0 unspecified atom stereocenters. The number of nitrogens with zero attached hydrogens (tertiary/aromatic N) is 2. The molecule has 1 aromatic heterocycles. The maximum Gasteiger partial charge on any atom is 0.223 e. The molecule has 2 aromatic rings. The molecule has 0 saturated heterocycles. The molecule has 0 fully saturated rings. The fraction of sp³-hybridized carbons (Fsp3) is 0.167. The Morgan fingerprint density at radius 1 is 1.33 bits per heavy atom. The van der Waals surface area contributed by atoms with Crippen LogP contribution < -0.4 is 11.1 Å². The standard InChI is InChI=1S/C12H12BrClN4/c1-2-7-10(14)17-12(15)18-11(7)16-9-6-4-3-5-8(9)13/h3-6H,2H2,1H3,(H3,15,16,17,18). The number of nitrogens with one attached hydrogen (secondary N) is 1. The van der Waals surface area contributed by atoms with Crippen molar-refractivity contribution >= 4 is 45.0 Å². The number of anilines is 3. The summed E-state index contributed by atoms with van der Waals surface area (Å²) in [7, 11) is 0. The first kappa shape index (κ1) is 13.1. The predicted molar refractivity (Wildman–Crippen MR) is 78.3 cm³/mol. The Labute approximate surface area is 119 Å². The Bertz CT molecular complexity index is 574. The van der Waals surface area contributed by atoms with Gasteiger partial charge < -0.3 is 11.1 Å². The summed E-state index contributed by atoms with van der Waals surface area (Å²) in [5, 5.41) is 3.60. The maximum atomic E-state index is 6.06. The van der Waals surface area contributed by atoms with Crippen molar-refractivity contribution < 1.29 is 0 Å². The lowest BCUT2D eigenvalue weighted by atomic mass is 10.2. The maximum absolute atomic E-state index is 6.06. The molecule has 3 N–H and O–H groups in total. The van der Waals surface area contributed by atoms with E-state index in [0.717, 1.165) is 22.1 Å². The van der Waals surface area contributed by atoms with Gasteiger partial charge in [-0.2, -0.15) is 4.98 Å². The lowest BCUT2D eigenvalue weighted by molar-refractivity contribution is 1.06. The SMILES string of the molecule is CCc1c(Cl)nc(N)nc1Nc1ccccc1Br. The van der Waals surface area contributed by atoms with E-state index in [4.69, 9.17) is 17.3 Å². The summed E-state index contributed by atoms with van der Waals surface area (Å²) in [6.07, 6.45) is 0.728. The van der Waals surface area contributed by atoms with Crippen molar-refractivity contribution in [2.75, 3.05) is 11.1 Å². The highest BCUT2D eigenvalue weighted by Crippen LogP contribution is 2.29. The van der Waals surface area contributed by atoms with Crippen LogP contribution in [0.4, 0.5) is 17.5 Å². The van der Waals surface area contributed by atoms with E-state index >= 15 is 0 Å². The molecule has 2 rings (SSSR count).